The van der Waals surface area contributed by atoms with Gasteiger partial charge in [0, 0.05) is 31.4 Å². The fourth-order valence-electron chi connectivity index (χ4n) is 1.59. The van der Waals surface area contributed by atoms with Gasteiger partial charge in [0.05, 0.1) is 4.92 Å². The van der Waals surface area contributed by atoms with E-state index in [-0.39, 0.29) is 17.3 Å². The predicted molar refractivity (Wildman–Crippen MR) is 71.2 cm³/mol. The lowest BCUT2D eigenvalue weighted by Gasteiger charge is -2.15. The number of ether oxygens (including phenoxy) is 1. The quantitative estimate of drug-likeness (QED) is 0.575. The summed E-state index contributed by atoms with van der Waals surface area (Å²) < 4.78 is 4.94. The third-order valence-corrected chi connectivity index (χ3v) is 2.64. The third kappa shape index (κ3) is 4.22. The largest absolute Gasteiger partial charge is 0.385 e. The molecule has 0 aliphatic heterocycles. The molecule has 0 aromatic heterocycles. The molecule has 19 heavy (non-hydrogen) atoms. The zero-order valence-electron chi connectivity index (χ0n) is 10.9. The average molecular weight is 267 g/mol. The lowest BCUT2D eigenvalue weighted by atomic mass is 10.1. The van der Waals surface area contributed by atoms with Gasteiger partial charge in [0.1, 0.15) is 5.69 Å². The normalized spacial score (nSPS) is 11.9. The lowest BCUT2D eigenvalue weighted by Crippen LogP contribution is -2.18. The highest BCUT2D eigenvalue weighted by atomic mass is 16.6. The molecule has 0 radical (unpaired) electrons. The van der Waals surface area contributed by atoms with E-state index in [9.17, 15) is 14.9 Å². The van der Waals surface area contributed by atoms with Gasteiger partial charge in [0.15, 0.2) is 0 Å². The summed E-state index contributed by atoms with van der Waals surface area (Å²) >= 11 is 0. The number of methoxy groups -OCH3 is 1. The van der Waals surface area contributed by atoms with Crippen molar-refractivity contribution in [2.75, 3.05) is 19.0 Å². The number of anilines is 1. The summed E-state index contributed by atoms with van der Waals surface area (Å²) in [5.41, 5.74) is 5.41. The summed E-state index contributed by atoms with van der Waals surface area (Å²) in [6, 6.07) is 4.13. The Labute approximate surface area is 110 Å². The second-order valence-electron chi connectivity index (χ2n) is 4.18. The molecule has 1 atom stereocenters. The standard InChI is InChI=1S/C12H17N3O4/c1-8(5-6-19-2)14-10-4-3-9(12(13)16)7-11(10)15(17)18/h3-4,7-8,14H,5-6H2,1-2H3,(H2,13,16). The number of nitrogens with two attached hydrogens (primary N) is 1. The number of rotatable bonds is 7. The maximum absolute atomic E-state index is 11.0. The van der Waals surface area contributed by atoms with Crippen LogP contribution in [-0.4, -0.2) is 30.6 Å². The Kier molecular flexibility index (Phi) is 5.25. The number of nitro groups is 1. The molecule has 0 spiro atoms. The van der Waals surface area contributed by atoms with Crippen LogP contribution in [0.25, 0.3) is 0 Å². The van der Waals surface area contributed by atoms with Crippen LogP contribution in [0.4, 0.5) is 11.4 Å². The van der Waals surface area contributed by atoms with Crippen molar-refractivity contribution in [1.29, 1.82) is 0 Å². The van der Waals surface area contributed by atoms with Crippen molar-refractivity contribution in [1.82, 2.24) is 0 Å². The second-order valence-corrected chi connectivity index (χ2v) is 4.18. The van der Waals surface area contributed by atoms with Crippen LogP contribution in [0.3, 0.4) is 0 Å². The molecule has 0 aliphatic rings. The molecule has 3 N–H and O–H groups in total. The number of hydrogen-bond donors (Lipinski definition) is 2. The van der Waals surface area contributed by atoms with Crippen molar-refractivity contribution in [3.8, 4) is 0 Å². The van der Waals surface area contributed by atoms with Crippen molar-refractivity contribution in [2.45, 2.75) is 19.4 Å². The van der Waals surface area contributed by atoms with E-state index >= 15 is 0 Å². The van der Waals surface area contributed by atoms with E-state index in [1.165, 1.54) is 18.2 Å². The summed E-state index contributed by atoms with van der Waals surface area (Å²) in [7, 11) is 1.59. The van der Waals surface area contributed by atoms with Crippen molar-refractivity contribution in [3.63, 3.8) is 0 Å². The van der Waals surface area contributed by atoms with Gasteiger partial charge < -0.3 is 15.8 Å². The molecule has 0 fully saturated rings. The SMILES string of the molecule is COCCC(C)Nc1ccc(C(N)=O)cc1[N+](=O)[O-]. The number of carbonyl (C=O) groups excluding carboxylic acids is 1. The first-order valence-corrected chi connectivity index (χ1v) is 5.79. The molecule has 0 aliphatic carbocycles. The highest BCUT2D eigenvalue weighted by Crippen LogP contribution is 2.26. The Hall–Kier alpha value is -2.15. The van der Waals surface area contributed by atoms with Crippen molar-refractivity contribution in [2.24, 2.45) is 5.73 Å². The van der Waals surface area contributed by atoms with Crippen molar-refractivity contribution in [3.05, 3.63) is 33.9 Å². The molecule has 0 saturated heterocycles. The van der Waals surface area contributed by atoms with E-state index in [0.29, 0.717) is 18.7 Å². The number of nitrogens with one attached hydrogen (secondary N) is 1. The molecule has 0 bridgehead atoms. The van der Waals surface area contributed by atoms with Crippen LogP contribution in [0.1, 0.15) is 23.7 Å². The van der Waals surface area contributed by atoms with E-state index in [1.54, 1.807) is 7.11 Å². The van der Waals surface area contributed by atoms with Crippen LogP contribution in [0.15, 0.2) is 18.2 Å². The van der Waals surface area contributed by atoms with Gasteiger partial charge in [-0.05, 0) is 25.5 Å². The van der Waals surface area contributed by atoms with Crippen molar-refractivity contribution < 1.29 is 14.5 Å². The molecule has 1 aromatic carbocycles. The van der Waals surface area contributed by atoms with Gasteiger partial charge in [-0.25, -0.2) is 0 Å². The van der Waals surface area contributed by atoms with Gasteiger partial charge in [0.25, 0.3) is 5.69 Å². The van der Waals surface area contributed by atoms with Crippen LogP contribution in [0, 0.1) is 10.1 Å². The fourth-order valence-corrected chi connectivity index (χ4v) is 1.59. The van der Waals surface area contributed by atoms with Gasteiger partial charge >= 0.3 is 0 Å². The topological polar surface area (TPSA) is 107 Å². The number of benzene rings is 1. The Morgan fingerprint density at radius 2 is 2.26 bits per heavy atom. The van der Waals surface area contributed by atoms with Gasteiger partial charge in [-0.1, -0.05) is 0 Å². The number of amides is 1. The Morgan fingerprint density at radius 3 is 2.79 bits per heavy atom. The van der Waals surface area contributed by atoms with Crippen LogP contribution in [0.5, 0.6) is 0 Å². The highest BCUT2D eigenvalue weighted by molar-refractivity contribution is 5.94. The molecule has 7 nitrogen and oxygen atoms in total. The van der Waals surface area contributed by atoms with Crippen LogP contribution in [-0.2, 0) is 4.74 Å². The van der Waals surface area contributed by atoms with Crippen LogP contribution < -0.4 is 11.1 Å². The molecule has 1 aromatic rings. The van der Waals surface area contributed by atoms with Gasteiger partial charge in [0.2, 0.25) is 5.91 Å². The summed E-state index contributed by atoms with van der Waals surface area (Å²) in [5, 5.41) is 14.0. The average Bonchev–Trinajstić information content (AvgIpc) is 2.36. The number of hydrogen-bond acceptors (Lipinski definition) is 5. The van der Waals surface area contributed by atoms with Gasteiger partial charge in [-0.15, -0.1) is 0 Å². The molecular formula is C12H17N3O4. The van der Waals surface area contributed by atoms with Crippen LogP contribution >= 0.6 is 0 Å². The van der Waals surface area contributed by atoms with E-state index in [2.05, 4.69) is 5.32 Å². The van der Waals surface area contributed by atoms with E-state index < -0.39 is 10.8 Å². The molecule has 1 rings (SSSR count). The van der Waals surface area contributed by atoms with E-state index in [0.717, 1.165) is 0 Å². The first-order chi connectivity index (χ1) is 8.95. The molecule has 0 heterocycles. The zero-order chi connectivity index (χ0) is 14.4. The second kappa shape index (κ2) is 6.69. The Balaban J connectivity index is 2.94. The first kappa shape index (κ1) is 14.9. The first-order valence-electron chi connectivity index (χ1n) is 5.79. The maximum Gasteiger partial charge on any atom is 0.293 e. The molecular weight excluding hydrogens is 250 g/mol. The third-order valence-electron chi connectivity index (χ3n) is 2.64. The monoisotopic (exact) mass is 267 g/mol. The fraction of sp³-hybridized carbons (Fsp3) is 0.417. The van der Waals surface area contributed by atoms with E-state index in [1.807, 2.05) is 6.92 Å². The maximum atomic E-state index is 11.0. The minimum atomic E-state index is -0.693. The van der Waals surface area contributed by atoms with Gasteiger partial charge in [-0.2, -0.15) is 0 Å². The zero-order valence-corrected chi connectivity index (χ0v) is 10.9. The number of primary amides is 1. The summed E-state index contributed by atoms with van der Waals surface area (Å²) in [4.78, 5) is 21.5. The van der Waals surface area contributed by atoms with Crippen LogP contribution in [0.2, 0.25) is 0 Å². The molecule has 104 valence electrons. The number of nitro benzene ring substituents is 1. The van der Waals surface area contributed by atoms with Crippen molar-refractivity contribution >= 4 is 17.3 Å². The molecule has 7 heteroatoms. The molecule has 1 amide bonds. The summed E-state index contributed by atoms with van der Waals surface area (Å²) in [6.45, 7) is 2.45. The minimum Gasteiger partial charge on any atom is -0.385 e. The predicted octanol–water partition coefficient (Wildman–Crippen LogP) is 1.53. The van der Waals surface area contributed by atoms with E-state index in [4.69, 9.17) is 10.5 Å². The Bertz CT molecular complexity index is 476. The van der Waals surface area contributed by atoms with Gasteiger partial charge in [-0.3, -0.25) is 14.9 Å². The number of carbonyl (C=O) groups is 1. The minimum absolute atomic E-state index is 0.0121. The smallest absolute Gasteiger partial charge is 0.293 e. The lowest BCUT2D eigenvalue weighted by molar-refractivity contribution is -0.384. The highest BCUT2D eigenvalue weighted by Gasteiger charge is 2.17. The Morgan fingerprint density at radius 1 is 1.58 bits per heavy atom. The molecule has 1 unspecified atom stereocenters. The number of nitrogens with zero attached hydrogens (tertiary/aromatic N) is 1. The molecule has 0 saturated carbocycles. The summed E-state index contributed by atoms with van der Waals surface area (Å²) in [6.07, 6.45) is 0.714. The summed E-state index contributed by atoms with van der Waals surface area (Å²) in [5.74, 6) is -0.693.